The lowest BCUT2D eigenvalue weighted by Gasteiger charge is -2.49. The molecule has 9 nitrogen and oxygen atoms in total. The predicted molar refractivity (Wildman–Crippen MR) is 133 cm³/mol. The molecule has 1 fully saturated rings. The number of nitrogens with one attached hydrogen (secondary N) is 1. The van der Waals surface area contributed by atoms with Crippen LogP contribution in [-0.4, -0.2) is 57.5 Å². The van der Waals surface area contributed by atoms with Gasteiger partial charge in [-0.3, -0.25) is 9.69 Å². The molecular formula is C26H28N2O7S. The highest BCUT2D eigenvalue weighted by Crippen LogP contribution is 2.41. The predicted octanol–water partition coefficient (Wildman–Crippen LogP) is 3.94. The first-order valence-corrected chi connectivity index (χ1v) is 12.5. The Morgan fingerprint density at radius 1 is 1.08 bits per heavy atom. The lowest BCUT2D eigenvalue weighted by atomic mass is 10.0. The molecule has 0 aliphatic carbocycles. The molecule has 2 atom stereocenters. The number of benzene rings is 2. The molecule has 10 heteroatoms. The van der Waals surface area contributed by atoms with Gasteiger partial charge in [0.15, 0.2) is 6.10 Å². The molecule has 0 aromatic heterocycles. The summed E-state index contributed by atoms with van der Waals surface area (Å²) in [4.78, 5) is 39.3. The van der Waals surface area contributed by atoms with Gasteiger partial charge in [0, 0.05) is 11.3 Å². The topological polar surface area (TPSA) is 114 Å². The zero-order valence-electron chi connectivity index (χ0n) is 20.2. The Bertz CT molecular complexity index is 1110. The second-order valence-electron chi connectivity index (χ2n) is 9.27. The number of carbonyl (C=O) groups is 3. The van der Waals surface area contributed by atoms with Gasteiger partial charge >= 0.3 is 12.2 Å². The monoisotopic (exact) mass is 512 g/mol. The number of hydrogen-bond acceptors (Lipinski definition) is 8. The number of aliphatic hydroxyl groups is 1. The van der Waals surface area contributed by atoms with E-state index in [4.69, 9.17) is 14.2 Å². The van der Waals surface area contributed by atoms with E-state index in [1.807, 2.05) is 60.7 Å². The van der Waals surface area contributed by atoms with Crippen LogP contribution in [0.2, 0.25) is 0 Å². The normalized spacial score (nSPS) is 19.4. The third-order valence-electron chi connectivity index (χ3n) is 5.45. The summed E-state index contributed by atoms with van der Waals surface area (Å²) in [6.07, 6.45) is -2.47. The number of ether oxygens (including phenoxy) is 3. The molecule has 0 bridgehead atoms. The van der Waals surface area contributed by atoms with E-state index in [0.29, 0.717) is 11.3 Å². The zero-order chi connectivity index (χ0) is 25.9. The highest BCUT2D eigenvalue weighted by Gasteiger charge is 2.54. The molecule has 36 heavy (non-hydrogen) atoms. The zero-order valence-corrected chi connectivity index (χ0v) is 21.0. The van der Waals surface area contributed by atoms with Crippen LogP contribution in [-0.2, 0) is 19.0 Å². The molecule has 2 heterocycles. The summed E-state index contributed by atoms with van der Waals surface area (Å²) in [5.41, 5.74) is 1.14. The van der Waals surface area contributed by atoms with Crippen LogP contribution in [0.3, 0.4) is 0 Å². The minimum atomic E-state index is -1.02. The molecule has 1 saturated heterocycles. The number of β-lactam (4-membered cyclic amide) rings is 1. The Morgan fingerprint density at radius 2 is 1.67 bits per heavy atom. The average molecular weight is 513 g/mol. The fourth-order valence-electron chi connectivity index (χ4n) is 3.85. The van der Waals surface area contributed by atoms with Crippen molar-refractivity contribution in [2.75, 3.05) is 12.4 Å². The molecule has 190 valence electrons. The molecule has 2 amide bonds. The number of nitrogens with zero attached hydrogens (tertiary/aromatic N) is 1. The van der Waals surface area contributed by atoms with Gasteiger partial charge in [-0.25, -0.2) is 9.59 Å². The van der Waals surface area contributed by atoms with Gasteiger partial charge in [0.2, 0.25) is 5.88 Å². The van der Waals surface area contributed by atoms with Gasteiger partial charge in [-0.2, -0.15) is 0 Å². The van der Waals surface area contributed by atoms with E-state index in [2.05, 4.69) is 5.32 Å². The first kappa shape index (κ1) is 25.6. The molecule has 2 aromatic carbocycles. The second-order valence-corrected chi connectivity index (χ2v) is 10.4. The summed E-state index contributed by atoms with van der Waals surface area (Å²) in [6, 6.07) is 17.6. The van der Waals surface area contributed by atoms with E-state index in [1.54, 1.807) is 20.8 Å². The Kier molecular flexibility index (Phi) is 7.56. The quantitative estimate of drug-likeness (QED) is 0.442. The van der Waals surface area contributed by atoms with E-state index in [-0.39, 0.29) is 5.88 Å². The minimum absolute atomic E-state index is 0.0710. The molecule has 2 aliphatic rings. The van der Waals surface area contributed by atoms with Crippen LogP contribution >= 0.6 is 11.8 Å². The number of rotatable bonds is 6. The Morgan fingerprint density at radius 3 is 2.19 bits per heavy atom. The second kappa shape index (κ2) is 10.6. The van der Waals surface area contributed by atoms with Crippen molar-refractivity contribution in [3.8, 4) is 0 Å². The highest BCUT2D eigenvalue weighted by atomic mass is 32.2. The van der Waals surface area contributed by atoms with Gasteiger partial charge in [-0.1, -0.05) is 60.7 Å². The molecule has 0 spiro atoms. The van der Waals surface area contributed by atoms with Gasteiger partial charge in [0.1, 0.15) is 17.0 Å². The van der Waals surface area contributed by atoms with Gasteiger partial charge in [0.05, 0.1) is 6.61 Å². The van der Waals surface area contributed by atoms with Crippen LogP contribution in [0.5, 0.6) is 0 Å². The molecule has 0 radical (unpaired) electrons. The maximum Gasteiger partial charge on any atom is 0.516 e. The standard InChI is InChI=1S/C26H28N2O7S/c1-26(2,3)35-24(31)27-19-21(30)28-22(18(14-29)15-36-23(19)28)34-25(32)33-20(16-10-6-4-7-11-16)17-12-8-5-9-13-17/h4-13,19-20,23,29H,14-15H2,1-3H3,(H,27,31)/t19-,23-/m1/s1. The number of amides is 2. The van der Waals surface area contributed by atoms with Crippen molar-refractivity contribution in [2.45, 2.75) is 43.9 Å². The number of carbonyl (C=O) groups excluding carboxylic acids is 3. The summed E-state index contributed by atoms with van der Waals surface area (Å²) in [6.45, 7) is 4.77. The number of hydrogen-bond donors (Lipinski definition) is 2. The highest BCUT2D eigenvalue weighted by molar-refractivity contribution is 8.00. The van der Waals surface area contributed by atoms with Crippen molar-refractivity contribution in [1.29, 1.82) is 0 Å². The maximum atomic E-state index is 12.9. The van der Waals surface area contributed by atoms with E-state index in [0.717, 1.165) is 11.1 Å². The third kappa shape index (κ3) is 5.66. The van der Waals surface area contributed by atoms with Crippen molar-refractivity contribution in [3.05, 3.63) is 83.2 Å². The Hall–Kier alpha value is -3.50. The molecular weight excluding hydrogens is 484 g/mol. The van der Waals surface area contributed by atoms with Crippen LogP contribution in [0.15, 0.2) is 72.1 Å². The van der Waals surface area contributed by atoms with Crippen LogP contribution in [0.4, 0.5) is 9.59 Å². The van der Waals surface area contributed by atoms with Gasteiger partial charge in [-0.05, 0) is 31.9 Å². The number of thioether (sulfide) groups is 1. The molecule has 0 unspecified atom stereocenters. The molecule has 2 aliphatic heterocycles. The smallest absolute Gasteiger partial charge is 0.444 e. The lowest BCUT2D eigenvalue weighted by Crippen LogP contribution is -2.70. The fourth-order valence-corrected chi connectivity index (χ4v) is 5.17. The fraction of sp³-hybridized carbons (Fsp3) is 0.346. The van der Waals surface area contributed by atoms with E-state index in [1.165, 1.54) is 16.7 Å². The summed E-state index contributed by atoms with van der Waals surface area (Å²) >= 11 is 1.34. The Labute approximate surface area is 213 Å². The summed E-state index contributed by atoms with van der Waals surface area (Å²) in [7, 11) is 0. The minimum Gasteiger partial charge on any atom is -0.444 e. The van der Waals surface area contributed by atoms with Crippen LogP contribution < -0.4 is 5.32 Å². The van der Waals surface area contributed by atoms with Gasteiger partial charge in [-0.15, -0.1) is 11.8 Å². The van der Waals surface area contributed by atoms with Gasteiger partial charge < -0.3 is 24.6 Å². The number of fused-ring (bicyclic) bond motifs is 1. The maximum absolute atomic E-state index is 12.9. The van der Waals surface area contributed by atoms with Crippen molar-refractivity contribution in [2.24, 2.45) is 0 Å². The molecule has 0 saturated carbocycles. The van der Waals surface area contributed by atoms with Gasteiger partial charge in [0.25, 0.3) is 5.91 Å². The van der Waals surface area contributed by atoms with E-state index in [9.17, 15) is 19.5 Å². The van der Waals surface area contributed by atoms with Crippen molar-refractivity contribution < 1.29 is 33.7 Å². The summed E-state index contributed by atoms with van der Waals surface area (Å²) in [5, 5.41) is 11.9. The van der Waals surface area contributed by atoms with Crippen molar-refractivity contribution in [3.63, 3.8) is 0 Å². The molecule has 2 aromatic rings. The van der Waals surface area contributed by atoms with Crippen molar-refractivity contribution >= 4 is 29.9 Å². The largest absolute Gasteiger partial charge is 0.516 e. The average Bonchev–Trinajstić information content (AvgIpc) is 2.85. The Balaban J connectivity index is 1.49. The van der Waals surface area contributed by atoms with E-state index >= 15 is 0 Å². The molecule has 2 N–H and O–H groups in total. The SMILES string of the molecule is CC(C)(C)OC(=O)N[C@@H]1C(=O)N2C(OC(=O)OC(c3ccccc3)c3ccccc3)=C(CO)CS[C@H]12. The molecule has 4 rings (SSSR count). The van der Waals surface area contributed by atoms with Crippen LogP contribution in [0.1, 0.15) is 38.0 Å². The van der Waals surface area contributed by atoms with Crippen LogP contribution in [0.25, 0.3) is 0 Å². The van der Waals surface area contributed by atoms with Crippen LogP contribution in [0, 0.1) is 0 Å². The number of alkyl carbamates (subject to hydrolysis) is 1. The van der Waals surface area contributed by atoms with E-state index < -0.39 is 47.9 Å². The summed E-state index contributed by atoms with van der Waals surface area (Å²) < 4.78 is 16.5. The van der Waals surface area contributed by atoms with Crippen molar-refractivity contribution in [1.82, 2.24) is 10.2 Å². The summed E-state index contributed by atoms with van der Waals surface area (Å²) in [5.74, 6) is -0.242. The first-order chi connectivity index (χ1) is 17.2. The third-order valence-corrected chi connectivity index (χ3v) is 6.79. The number of aliphatic hydroxyl groups excluding tert-OH is 1. The first-order valence-electron chi connectivity index (χ1n) is 11.4. The lowest BCUT2D eigenvalue weighted by molar-refractivity contribution is -0.146.